The number of benzene rings is 1. The molecular weight excluding hydrogens is 296 g/mol. The van der Waals surface area contributed by atoms with E-state index in [1.54, 1.807) is 0 Å². The second-order valence-electron chi connectivity index (χ2n) is 4.05. The minimum atomic E-state index is -0.381. The Balaban J connectivity index is 1.90. The van der Waals surface area contributed by atoms with Gasteiger partial charge in [0, 0.05) is 0 Å². The molecule has 100 valence electrons. The third-order valence-corrected chi connectivity index (χ3v) is 3.87. The number of nitrogens with zero attached hydrogens (tertiary/aromatic N) is 2. The zero-order chi connectivity index (χ0) is 14.1. The summed E-state index contributed by atoms with van der Waals surface area (Å²) in [7, 11) is 0. The molecule has 5 nitrogen and oxygen atoms in total. The van der Waals surface area contributed by atoms with E-state index in [1.165, 1.54) is 23.6 Å². The number of pyridine rings is 1. The van der Waals surface area contributed by atoms with E-state index in [-0.39, 0.29) is 16.6 Å². The number of thiazole rings is 1. The van der Waals surface area contributed by atoms with Crippen LogP contribution in [0.25, 0.3) is 10.2 Å². The van der Waals surface area contributed by atoms with E-state index in [0.29, 0.717) is 10.8 Å². The van der Waals surface area contributed by atoms with Gasteiger partial charge in [-0.3, -0.25) is 10.1 Å². The van der Waals surface area contributed by atoms with Gasteiger partial charge in [0.25, 0.3) is 5.91 Å². The molecular formula is C13H9ClN4OS. The van der Waals surface area contributed by atoms with Gasteiger partial charge in [0.1, 0.15) is 5.15 Å². The van der Waals surface area contributed by atoms with Crippen LogP contribution in [-0.4, -0.2) is 15.9 Å². The van der Waals surface area contributed by atoms with Crippen LogP contribution in [0.3, 0.4) is 0 Å². The number of anilines is 2. The van der Waals surface area contributed by atoms with E-state index in [2.05, 4.69) is 15.3 Å². The van der Waals surface area contributed by atoms with Crippen molar-refractivity contribution in [2.24, 2.45) is 0 Å². The number of carbonyl (C=O) groups is 1. The molecule has 0 saturated heterocycles. The van der Waals surface area contributed by atoms with Crippen LogP contribution in [0.5, 0.6) is 0 Å². The van der Waals surface area contributed by atoms with Crippen LogP contribution in [0, 0.1) is 0 Å². The lowest BCUT2D eigenvalue weighted by atomic mass is 10.2. The molecule has 0 bridgehead atoms. The SMILES string of the molecule is Nc1cnc(Cl)c(C(=O)Nc2nc3ccccc3s2)c1. The average molecular weight is 305 g/mol. The van der Waals surface area contributed by atoms with Crippen molar-refractivity contribution in [2.75, 3.05) is 11.1 Å². The van der Waals surface area contributed by atoms with Crippen LogP contribution in [0.4, 0.5) is 10.8 Å². The number of nitrogens with one attached hydrogen (secondary N) is 1. The lowest BCUT2D eigenvalue weighted by Crippen LogP contribution is -2.13. The number of hydrogen-bond acceptors (Lipinski definition) is 5. The van der Waals surface area contributed by atoms with E-state index in [4.69, 9.17) is 17.3 Å². The molecule has 3 N–H and O–H groups in total. The third-order valence-electron chi connectivity index (χ3n) is 2.62. The largest absolute Gasteiger partial charge is 0.397 e. The number of nitrogens with two attached hydrogens (primary N) is 1. The van der Waals surface area contributed by atoms with Gasteiger partial charge in [0.2, 0.25) is 0 Å². The first-order chi connectivity index (χ1) is 9.63. The van der Waals surface area contributed by atoms with Crippen LogP contribution < -0.4 is 11.1 Å². The molecule has 7 heteroatoms. The maximum absolute atomic E-state index is 12.1. The minimum Gasteiger partial charge on any atom is -0.397 e. The molecule has 0 atom stereocenters. The highest BCUT2D eigenvalue weighted by molar-refractivity contribution is 7.22. The zero-order valence-electron chi connectivity index (χ0n) is 10.1. The molecule has 0 aliphatic heterocycles. The van der Waals surface area contributed by atoms with Crippen LogP contribution >= 0.6 is 22.9 Å². The molecule has 0 radical (unpaired) electrons. The minimum absolute atomic E-state index is 0.109. The molecule has 0 unspecified atom stereocenters. The number of carbonyl (C=O) groups excluding carboxylic acids is 1. The Labute approximate surface area is 123 Å². The van der Waals surface area contributed by atoms with E-state index >= 15 is 0 Å². The second-order valence-corrected chi connectivity index (χ2v) is 5.44. The molecule has 3 rings (SSSR count). The molecule has 0 aliphatic rings. The van der Waals surface area contributed by atoms with Gasteiger partial charge in [0.05, 0.1) is 27.7 Å². The van der Waals surface area contributed by atoms with Crippen molar-refractivity contribution in [1.82, 2.24) is 9.97 Å². The van der Waals surface area contributed by atoms with Gasteiger partial charge in [-0.05, 0) is 18.2 Å². The molecule has 0 saturated carbocycles. The number of halogens is 1. The first-order valence-electron chi connectivity index (χ1n) is 5.71. The van der Waals surface area contributed by atoms with Crippen molar-refractivity contribution >= 4 is 49.9 Å². The maximum atomic E-state index is 12.1. The van der Waals surface area contributed by atoms with Crippen molar-refractivity contribution in [2.45, 2.75) is 0 Å². The fraction of sp³-hybridized carbons (Fsp3) is 0. The summed E-state index contributed by atoms with van der Waals surface area (Å²) in [6.07, 6.45) is 1.40. The third kappa shape index (κ3) is 2.43. The number of nitrogen functional groups attached to an aromatic ring is 1. The predicted octanol–water partition coefficient (Wildman–Crippen LogP) is 3.18. The Morgan fingerprint density at radius 2 is 2.15 bits per heavy atom. The van der Waals surface area contributed by atoms with Gasteiger partial charge in [-0.1, -0.05) is 35.1 Å². The molecule has 0 fully saturated rings. The van der Waals surface area contributed by atoms with Gasteiger partial charge in [0.15, 0.2) is 5.13 Å². The Morgan fingerprint density at radius 1 is 1.35 bits per heavy atom. The van der Waals surface area contributed by atoms with E-state index < -0.39 is 0 Å². The summed E-state index contributed by atoms with van der Waals surface area (Å²) in [6, 6.07) is 9.13. The molecule has 3 aromatic rings. The molecule has 0 aliphatic carbocycles. The Hall–Kier alpha value is -2.18. The quantitative estimate of drug-likeness (QED) is 0.712. The fourth-order valence-corrected chi connectivity index (χ4v) is 2.76. The summed E-state index contributed by atoms with van der Waals surface area (Å²) in [5, 5.41) is 3.32. The fourth-order valence-electron chi connectivity index (χ4n) is 1.71. The van der Waals surface area contributed by atoms with Crippen LogP contribution in [0.15, 0.2) is 36.5 Å². The van der Waals surface area contributed by atoms with Gasteiger partial charge < -0.3 is 5.73 Å². The lowest BCUT2D eigenvalue weighted by molar-refractivity contribution is 0.102. The Bertz CT molecular complexity index is 769. The highest BCUT2D eigenvalue weighted by atomic mass is 35.5. The monoisotopic (exact) mass is 304 g/mol. The Kier molecular flexibility index (Phi) is 3.25. The number of rotatable bonds is 2. The van der Waals surface area contributed by atoms with Crippen LogP contribution in [-0.2, 0) is 0 Å². The first kappa shape index (κ1) is 12.8. The van der Waals surface area contributed by atoms with Crippen molar-refractivity contribution in [1.29, 1.82) is 0 Å². The second kappa shape index (κ2) is 5.07. The number of aromatic nitrogens is 2. The number of hydrogen-bond donors (Lipinski definition) is 2. The average Bonchev–Trinajstić information content (AvgIpc) is 2.83. The molecule has 20 heavy (non-hydrogen) atoms. The molecule has 1 aromatic carbocycles. The first-order valence-corrected chi connectivity index (χ1v) is 6.91. The van der Waals surface area contributed by atoms with Gasteiger partial charge in [-0.15, -0.1) is 0 Å². The molecule has 2 aromatic heterocycles. The number of amides is 1. The summed E-state index contributed by atoms with van der Waals surface area (Å²) >= 11 is 7.28. The van der Waals surface area contributed by atoms with Crippen molar-refractivity contribution < 1.29 is 4.79 Å². The molecule has 1 amide bonds. The summed E-state index contributed by atoms with van der Waals surface area (Å²) in [4.78, 5) is 20.3. The van der Waals surface area contributed by atoms with E-state index in [9.17, 15) is 4.79 Å². The molecule has 2 heterocycles. The van der Waals surface area contributed by atoms with E-state index in [1.807, 2.05) is 24.3 Å². The maximum Gasteiger partial charge on any atom is 0.260 e. The van der Waals surface area contributed by atoms with E-state index in [0.717, 1.165) is 10.2 Å². The highest BCUT2D eigenvalue weighted by Crippen LogP contribution is 2.26. The lowest BCUT2D eigenvalue weighted by Gasteiger charge is -2.04. The van der Waals surface area contributed by atoms with Gasteiger partial charge in [-0.2, -0.15) is 0 Å². The van der Waals surface area contributed by atoms with Gasteiger partial charge in [-0.25, -0.2) is 9.97 Å². The summed E-state index contributed by atoms with van der Waals surface area (Å²) < 4.78 is 1.000. The standard InChI is InChI=1S/C13H9ClN4OS/c14-11-8(5-7(15)6-16-11)12(19)18-13-17-9-3-1-2-4-10(9)20-13/h1-6H,15H2,(H,17,18,19). The van der Waals surface area contributed by atoms with Crippen molar-refractivity contribution in [3.63, 3.8) is 0 Å². The van der Waals surface area contributed by atoms with Crippen LogP contribution in [0.1, 0.15) is 10.4 Å². The Morgan fingerprint density at radius 3 is 2.95 bits per heavy atom. The number of fused-ring (bicyclic) bond motifs is 1. The number of para-hydroxylation sites is 1. The zero-order valence-corrected chi connectivity index (χ0v) is 11.7. The summed E-state index contributed by atoms with van der Waals surface area (Å²) in [5.41, 5.74) is 7.05. The summed E-state index contributed by atoms with van der Waals surface area (Å²) in [6.45, 7) is 0. The summed E-state index contributed by atoms with van der Waals surface area (Å²) in [5.74, 6) is -0.381. The topological polar surface area (TPSA) is 80.9 Å². The highest BCUT2D eigenvalue weighted by Gasteiger charge is 2.14. The smallest absolute Gasteiger partial charge is 0.260 e. The normalized spacial score (nSPS) is 10.7. The van der Waals surface area contributed by atoms with Crippen molar-refractivity contribution in [3.05, 3.63) is 47.2 Å². The molecule has 0 spiro atoms. The van der Waals surface area contributed by atoms with Crippen molar-refractivity contribution in [3.8, 4) is 0 Å². The van der Waals surface area contributed by atoms with Crippen LogP contribution in [0.2, 0.25) is 5.15 Å². The van der Waals surface area contributed by atoms with Gasteiger partial charge >= 0.3 is 0 Å². The predicted molar refractivity (Wildman–Crippen MR) is 81.2 cm³/mol.